The normalized spacial score (nSPS) is 10.3. The summed E-state index contributed by atoms with van der Waals surface area (Å²) in [6.07, 6.45) is 0.948. The van der Waals surface area contributed by atoms with Gasteiger partial charge in [0, 0.05) is 12.6 Å². The predicted molar refractivity (Wildman–Crippen MR) is 60.7 cm³/mol. The monoisotopic (exact) mass is 247 g/mol. The maximum absolute atomic E-state index is 12.9. The number of rotatable bonds is 4. The molecule has 0 atom stereocenters. The fraction of sp³-hybridized carbons (Fsp3) is 0.167. The molecule has 5 nitrogen and oxygen atoms in total. The van der Waals surface area contributed by atoms with Crippen LogP contribution in [0.2, 0.25) is 0 Å². The van der Waals surface area contributed by atoms with Gasteiger partial charge in [0.05, 0.1) is 12.6 Å². The number of benzene rings is 1. The molecule has 0 saturated heterocycles. The SMILES string of the molecule is Cn1ncc(C(=O)CC(=O)c2cccc(F)c2)n1. The first-order valence-electron chi connectivity index (χ1n) is 5.24. The van der Waals surface area contributed by atoms with Crippen molar-refractivity contribution in [3.05, 3.63) is 47.5 Å². The van der Waals surface area contributed by atoms with Crippen LogP contribution in [0.3, 0.4) is 0 Å². The molecule has 6 heteroatoms. The topological polar surface area (TPSA) is 64.8 Å². The molecule has 0 N–H and O–H groups in total. The first-order valence-corrected chi connectivity index (χ1v) is 5.24. The Balaban J connectivity index is 2.10. The molecule has 0 saturated carbocycles. The number of Topliss-reactive ketones (excluding diaryl/α,β-unsaturated/α-hetero) is 2. The smallest absolute Gasteiger partial charge is 0.192 e. The number of carbonyl (C=O) groups is 2. The van der Waals surface area contributed by atoms with Crippen LogP contribution >= 0.6 is 0 Å². The molecule has 1 aromatic heterocycles. The Hall–Kier alpha value is -2.37. The number of aryl methyl sites for hydroxylation is 1. The van der Waals surface area contributed by atoms with E-state index in [9.17, 15) is 14.0 Å². The molecule has 18 heavy (non-hydrogen) atoms. The molecule has 0 radical (unpaired) electrons. The Morgan fingerprint density at radius 3 is 2.72 bits per heavy atom. The number of carbonyl (C=O) groups excluding carboxylic acids is 2. The molecule has 2 rings (SSSR count). The Morgan fingerprint density at radius 1 is 1.33 bits per heavy atom. The van der Waals surface area contributed by atoms with E-state index >= 15 is 0 Å². The van der Waals surface area contributed by atoms with Crippen molar-refractivity contribution in [1.82, 2.24) is 15.0 Å². The lowest BCUT2D eigenvalue weighted by Crippen LogP contribution is -2.09. The highest BCUT2D eigenvalue weighted by Gasteiger charge is 2.16. The summed E-state index contributed by atoms with van der Waals surface area (Å²) in [5.74, 6) is -1.38. The number of halogens is 1. The van der Waals surface area contributed by atoms with E-state index in [0.29, 0.717) is 0 Å². The molecule has 0 fully saturated rings. The third kappa shape index (κ3) is 2.65. The van der Waals surface area contributed by atoms with Gasteiger partial charge in [0.15, 0.2) is 11.6 Å². The minimum atomic E-state index is -0.507. The van der Waals surface area contributed by atoms with E-state index in [-0.39, 0.29) is 17.7 Å². The Bertz CT molecular complexity index is 607. The minimum absolute atomic E-state index is 0.127. The summed E-state index contributed by atoms with van der Waals surface area (Å²) in [7, 11) is 1.57. The van der Waals surface area contributed by atoms with Crippen molar-refractivity contribution in [3.63, 3.8) is 0 Å². The van der Waals surface area contributed by atoms with Gasteiger partial charge >= 0.3 is 0 Å². The summed E-state index contributed by atoms with van der Waals surface area (Å²) >= 11 is 0. The summed E-state index contributed by atoms with van der Waals surface area (Å²) in [4.78, 5) is 24.7. The maximum atomic E-state index is 12.9. The third-order valence-electron chi connectivity index (χ3n) is 2.35. The fourth-order valence-corrected chi connectivity index (χ4v) is 1.47. The van der Waals surface area contributed by atoms with Crippen LogP contribution in [0.4, 0.5) is 4.39 Å². The second kappa shape index (κ2) is 4.87. The van der Waals surface area contributed by atoms with Crippen molar-refractivity contribution in [1.29, 1.82) is 0 Å². The van der Waals surface area contributed by atoms with E-state index < -0.39 is 17.4 Å². The molecule has 0 bridgehead atoms. The van der Waals surface area contributed by atoms with Crippen molar-refractivity contribution < 1.29 is 14.0 Å². The van der Waals surface area contributed by atoms with Gasteiger partial charge in [-0.1, -0.05) is 12.1 Å². The molecule has 0 spiro atoms. The summed E-state index contributed by atoms with van der Waals surface area (Å²) in [5.41, 5.74) is 0.300. The molecule has 1 aromatic carbocycles. The van der Waals surface area contributed by atoms with Crippen molar-refractivity contribution in [3.8, 4) is 0 Å². The number of ketones is 2. The standard InChI is InChI=1S/C12H10FN3O2/c1-16-14-7-10(15-16)12(18)6-11(17)8-3-2-4-9(13)5-8/h2-5,7H,6H2,1H3. The van der Waals surface area contributed by atoms with Crippen LogP contribution in [0.25, 0.3) is 0 Å². The average Bonchev–Trinajstić information content (AvgIpc) is 2.76. The van der Waals surface area contributed by atoms with Gasteiger partial charge in [-0.05, 0) is 12.1 Å². The number of nitrogens with zero attached hydrogens (tertiary/aromatic N) is 3. The van der Waals surface area contributed by atoms with Crippen LogP contribution in [0.5, 0.6) is 0 Å². The van der Waals surface area contributed by atoms with Crippen molar-refractivity contribution in [2.75, 3.05) is 0 Å². The third-order valence-corrected chi connectivity index (χ3v) is 2.35. The number of hydrogen-bond donors (Lipinski definition) is 0. The second-order valence-corrected chi connectivity index (χ2v) is 3.75. The molecule has 0 aliphatic rings. The highest BCUT2D eigenvalue weighted by Crippen LogP contribution is 2.08. The molecule has 1 heterocycles. The van der Waals surface area contributed by atoms with Gasteiger partial charge in [0.1, 0.15) is 11.5 Å². The molecular formula is C12H10FN3O2. The number of hydrogen-bond acceptors (Lipinski definition) is 4. The fourth-order valence-electron chi connectivity index (χ4n) is 1.47. The predicted octanol–water partition coefficient (Wildman–Crippen LogP) is 1.41. The van der Waals surface area contributed by atoms with Crippen LogP contribution in [0, 0.1) is 5.82 Å². The van der Waals surface area contributed by atoms with E-state index in [1.54, 1.807) is 7.05 Å². The van der Waals surface area contributed by atoms with E-state index in [0.717, 1.165) is 6.07 Å². The number of aromatic nitrogens is 3. The van der Waals surface area contributed by atoms with Gasteiger partial charge < -0.3 is 0 Å². The van der Waals surface area contributed by atoms with Crippen molar-refractivity contribution in [2.45, 2.75) is 6.42 Å². The quantitative estimate of drug-likeness (QED) is 0.605. The maximum Gasteiger partial charge on any atom is 0.192 e. The van der Waals surface area contributed by atoms with Crippen LogP contribution in [0.1, 0.15) is 27.3 Å². The molecule has 0 aliphatic heterocycles. The lowest BCUT2D eigenvalue weighted by molar-refractivity contribution is 0.0890. The summed E-state index contributed by atoms with van der Waals surface area (Å²) < 4.78 is 12.9. The Labute approximate surface area is 102 Å². The zero-order valence-electron chi connectivity index (χ0n) is 9.63. The lowest BCUT2D eigenvalue weighted by Gasteiger charge is -1.99. The van der Waals surface area contributed by atoms with Crippen molar-refractivity contribution in [2.24, 2.45) is 7.05 Å². The molecule has 2 aromatic rings. The molecule has 92 valence electrons. The van der Waals surface area contributed by atoms with E-state index in [1.165, 1.54) is 29.2 Å². The van der Waals surface area contributed by atoms with Gasteiger partial charge in [-0.3, -0.25) is 9.59 Å². The van der Waals surface area contributed by atoms with Crippen molar-refractivity contribution >= 4 is 11.6 Å². The van der Waals surface area contributed by atoms with E-state index in [1.807, 2.05) is 0 Å². The molecular weight excluding hydrogens is 237 g/mol. The molecule has 0 aliphatic carbocycles. The van der Waals surface area contributed by atoms with Crippen LogP contribution < -0.4 is 0 Å². The van der Waals surface area contributed by atoms with E-state index in [2.05, 4.69) is 10.2 Å². The largest absolute Gasteiger partial charge is 0.294 e. The average molecular weight is 247 g/mol. The molecule has 0 unspecified atom stereocenters. The van der Waals surface area contributed by atoms with E-state index in [4.69, 9.17) is 0 Å². The molecule has 0 amide bonds. The van der Waals surface area contributed by atoms with Gasteiger partial charge in [-0.2, -0.15) is 15.0 Å². The summed E-state index contributed by atoms with van der Waals surface area (Å²) in [5, 5.41) is 7.55. The highest BCUT2D eigenvalue weighted by atomic mass is 19.1. The second-order valence-electron chi connectivity index (χ2n) is 3.75. The summed E-state index contributed by atoms with van der Waals surface area (Å²) in [6, 6.07) is 5.23. The van der Waals surface area contributed by atoms with Crippen LogP contribution in [-0.2, 0) is 7.05 Å². The highest BCUT2D eigenvalue weighted by molar-refractivity contribution is 6.12. The van der Waals surface area contributed by atoms with Gasteiger partial charge in [0.25, 0.3) is 0 Å². The van der Waals surface area contributed by atoms with Gasteiger partial charge in [0.2, 0.25) is 0 Å². The summed E-state index contributed by atoms with van der Waals surface area (Å²) in [6.45, 7) is 0. The zero-order chi connectivity index (χ0) is 13.1. The Morgan fingerprint density at radius 2 is 2.11 bits per heavy atom. The first-order chi connectivity index (χ1) is 8.56. The Kier molecular flexibility index (Phi) is 3.27. The van der Waals surface area contributed by atoms with Crippen LogP contribution in [0.15, 0.2) is 30.5 Å². The lowest BCUT2D eigenvalue weighted by atomic mass is 10.0. The van der Waals surface area contributed by atoms with Gasteiger partial charge in [-0.25, -0.2) is 4.39 Å². The van der Waals surface area contributed by atoms with Gasteiger partial charge in [-0.15, -0.1) is 0 Å². The minimum Gasteiger partial charge on any atom is -0.294 e. The zero-order valence-corrected chi connectivity index (χ0v) is 9.63. The van der Waals surface area contributed by atoms with Crippen LogP contribution in [-0.4, -0.2) is 26.6 Å². The first kappa shape index (κ1) is 12.1.